The zero-order valence-electron chi connectivity index (χ0n) is 6.07. The van der Waals surface area contributed by atoms with Gasteiger partial charge in [0.25, 0.3) is 0 Å². The predicted octanol–water partition coefficient (Wildman–Crippen LogP) is 0.624. The molecule has 0 amide bonds. The second kappa shape index (κ2) is 3.61. The molecule has 11 heavy (non-hydrogen) atoms. The van der Waals surface area contributed by atoms with Crippen molar-refractivity contribution >= 4 is 24.6 Å². The summed E-state index contributed by atoms with van der Waals surface area (Å²) in [4.78, 5) is 20.4. The summed E-state index contributed by atoms with van der Waals surface area (Å²) in [5.41, 5.74) is 0. The maximum atomic E-state index is 10.4. The van der Waals surface area contributed by atoms with E-state index in [0.717, 1.165) is 0 Å². The van der Waals surface area contributed by atoms with Gasteiger partial charge in [0.1, 0.15) is 4.75 Å². The van der Waals surface area contributed by atoms with E-state index in [9.17, 15) is 9.59 Å². The predicted molar refractivity (Wildman–Crippen MR) is 41.9 cm³/mol. The summed E-state index contributed by atoms with van der Waals surface area (Å²) < 4.78 is -1.24. The van der Waals surface area contributed by atoms with Gasteiger partial charge in [0.2, 0.25) is 0 Å². The first-order chi connectivity index (χ1) is 4.86. The fourth-order valence-electron chi connectivity index (χ4n) is 0.457. The van der Waals surface area contributed by atoms with Gasteiger partial charge < -0.3 is 10.2 Å². The number of rotatable bonds is 4. The van der Waals surface area contributed by atoms with Crippen LogP contribution < -0.4 is 0 Å². The van der Waals surface area contributed by atoms with E-state index in [1.54, 1.807) is 0 Å². The molecule has 64 valence electrons. The van der Waals surface area contributed by atoms with Crippen molar-refractivity contribution < 1.29 is 19.8 Å². The number of hydrogen-bond donors (Lipinski definition) is 3. The average Bonchev–Trinajstić information content (AvgIpc) is 1.84. The molecule has 0 heterocycles. The van der Waals surface area contributed by atoms with Gasteiger partial charge >= 0.3 is 11.9 Å². The fraction of sp³-hybridized carbons (Fsp3) is 0.667. The second-order valence-electron chi connectivity index (χ2n) is 2.47. The van der Waals surface area contributed by atoms with Crippen molar-refractivity contribution in [1.29, 1.82) is 0 Å². The number of carboxylic acids is 2. The highest BCUT2D eigenvalue weighted by molar-refractivity contribution is 7.82. The monoisotopic (exact) mass is 178 g/mol. The Kier molecular flexibility index (Phi) is 3.38. The largest absolute Gasteiger partial charge is 0.481 e. The molecule has 0 saturated carbocycles. The van der Waals surface area contributed by atoms with Crippen molar-refractivity contribution in [2.24, 2.45) is 0 Å². The molecule has 0 saturated heterocycles. The highest BCUT2D eigenvalue weighted by Crippen LogP contribution is 2.20. The van der Waals surface area contributed by atoms with Crippen LogP contribution in [0, 0.1) is 0 Å². The van der Waals surface area contributed by atoms with Crippen LogP contribution in [-0.2, 0) is 9.59 Å². The Labute approximate surface area is 69.6 Å². The third-order valence-corrected chi connectivity index (χ3v) is 1.70. The Bertz CT molecular complexity index is 175. The molecule has 0 radical (unpaired) electrons. The summed E-state index contributed by atoms with van der Waals surface area (Å²) in [6.07, 6.45) is -0.146. The maximum absolute atomic E-state index is 10.4. The molecule has 0 aromatic rings. The van der Waals surface area contributed by atoms with Gasteiger partial charge in [-0.05, 0) is 13.3 Å². The van der Waals surface area contributed by atoms with Gasteiger partial charge in [0.05, 0.1) is 0 Å². The van der Waals surface area contributed by atoms with Crippen molar-refractivity contribution in [2.45, 2.75) is 24.5 Å². The van der Waals surface area contributed by atoms with Gasteiger partial charge in [-0.15, -0.1) is 0 Å². The molecule has 0 aliphatic carbocycles. The van der Waals surface area contributed by atoms with E-state index in [0.29, 0.717) is 0 Å². The van der Waals surface area contributed by atoms with Crippen molar-refractivity contribution in [3.63, 3.8) is 0 Å². The smallest absolute Gasteiger partial charge is 0.319 e. The summed E-state index contributed by atoms with van der Waals surface area (Å²) in [5, 5.41) is 16.7. The third kappa shape index (κ3) is 3.87. The normalized spacial score (nSPS) is 15.5. The van der Waals surface area contributed by atoms with Crippen molar-refractivity contribution in [3.05, 3.63) is 0 Å². The van der Waals surface area contributed by atoms with Gasteiger partial charge in [-0.25, -0.2) is 0 Å². The van der Waals surface area contributed by atoms with E-state index in [2.05, 4.69) is 12.6 Å². The summed E-state index contributed by atoms with van der Waals surface area (Å²) in [6, 6.07) is 0. The standard InChI is InChI=1S/C6H10O4S/c1-6(11,5(9)10)3-2-4(7)8/h11H,2-3H2,1H3,(H,7,8)(H,9,10). The van der Waals surface area contributed by atoms with Crippen molar-refractivity contribution in [1.82, 2.24) is 0 Å². The van der Waals surface area contributed by atoms with Crippen LogP contribution in [0.5, 0.6) is 0 Å². The SMILES string of the molecule is CC(S)(CCC(=O)O)C(=O)O. The van der Waals surface area contributed by atoms with E-state index in [1.165, 1.54) is 6.92 Å². The Balaban J connectivity index is 3.92. The lowest BCUT2D eigenvalue weighted by Crippen LogP contribution is -2.29. The molecule has 0 rings (SSSR count). The van der Waals surface area contributed by atoms with Gasteiger partial charge in [0.15, 0.2) is 0 Å². The lowest BCUT2D eigenvalue weighted by Gasteiger charge is -2.15. The Morgan fingerprint density at radius 2 is 1.91 bits per heavy atom. The van der Waals surface area contributed by atoms with Crippen LogP contribution in [0.25, 0.3) is 0 Å². The van der Waals surface area contributed by atoms with Crippen molar-refractivity contribution in [3.8, 4) is 0 Å². The highest BCUT2D eigenvalue weighted by Gasteiger charge is 2.28. The van der Waals surface area contributed by atoms with Crippen LogP contribution in [0.1, 0.15) is 19.8 Å². The summed E-state index contributed by atoms with van der Waals surface area (Å²) in [5.74, 6) is -2.10. The van der Waals surface area contributed by atoms with Gasteiger partial charge in [-0.1, -0.05) is 0 Å². The van der Waals surface area contributed by atoms with Crippen LogP contribution in [0.3, 0.4) is 0 Å². The highest BCUT2D eigenvalue weighted by atomic mass is 32.1. The Hall–Kier alpha value is -0.710. The van der Waals surface area contributed by atoms with Crippen LogP contribution in [0.4, 0.5) is 0 Å². The average molecular weight is 178 g/mol. The molecule has 0 aliphatic heterocycles. The summed E-state index contributed by atoms with van der Waals surface area (Å²) >= 11 is 3.79. The van der Waals surface area contributed by atoms with Crippen LogP contribution >= 0.6 is 12.6 Å². The lowest BCUT2D eigenvalue weighted by atomic mass is 10.1. The first-order valence-corrected chi connectivity index (χ1v) is 3.48. The second-order valence-corrected chi connectivity index (χ2v) is 3.46. The van der Waals surface area contributed by atoms with Crippen LogP contribution in [-0.4, -0.2) is 26.9 Å². The van der Waals surface area contributed by atoms with Gasteiger partial charge in [0, 0.05) is 6.42 Å². The summed E-state index contributed by atoms with van der Waals surface area (Å²) in [6.45, 7) is 1.38. The zero-order valence-corrected chi connectivity index (χ0v) is 6.97. The minimum Gasteiger partial charge on any atom is -0.481 e. The first-order valence-electron chi connectivity index (χ1n) is 3.04. The van der Waals surface area contributed by atoms with E-state index >= 15 is 0 Å². The third-order valence-electron chi connectivity index (χ3n) is 1.29. The van der Waals surface area contributed by atoms with Crippen LogP contribution in [0.15, 0.2) is 0 Å². The van der Waals surface area contributed by atoms with E-state index in [-0.39, 0.29) is 12.8 Å². The topological polar surface area (TPSA) is 74.6 Å². The maximum Gasteiger partial charge on any atom is 0.319 e. The number of carboxylic acid groups (broad SMARTS) is 2. The lowest BCUT2D eigenvalue weighted by molar-refractivity contribution is -0.140. The molecule has 0 spiro atoms. The molecule has 5 heteroatoms. The minimum atomic E-state index is -1.24. The molecule has 0 aromatic heterocycles. The van der Waals surface area contributed by atoms with E-state index in [4.69, 9.17) is 10.2 Å². The molecule has 2 N–H and O–H groups in total. The van der Waals surface area contributed by atoms with Crippen molar-refractivity contribution in [2.75, 3.05) is 0 Å². The number of aliphatic carboxylic acids is 2. The molecule has 0 bridgehead atoms. The van der Waals surface area contributed by atoms with E-state index < -0.39 is 16.7 Å². The summed E-state index contributed by atoms with van der Waals surface area (Å²) in [7, 11) is 0. The molecule has 0 fully saturated rings. The number of thiol groups is 1. The minimum absolute atomic E-state index is 0.0285. The van der Waals surface area contributed by atoms with E-state index in [1.807, 2.05) is 0 Å². The van der Waals surface area contributed by atoms with Gasteiger partial charge in [-0.3, -0.25) is 9.59 Å². The van der Waals surface area contributed by atoms with Crippen LogP contribution in [0.2, 0.25) is 0 Å². The molecule has 4 nitrogen and oxygen atoms in total. The Morgan fingerprint density at radius 3 is 2.18 bits per heavy atom. The van der Waals surface area contributed by atoms with Gasteiger partial charge in [-0.2, -0.15) is 12.6 Å². The molecule has 1 atom stereocenters. The number of carbonyl (C=O) groups is 2. The number of hydrogen-bond acceptors (Lipinski definition) is 3. The first kappa shape index (κ1) is 10.3. The Morgan fingerprint density at radius 1 is 1.45 bits per heavy atom. The molecular formula is C6H10O4S. The molecular weight excluding hydrogens is 168 g/mol. The quantitative estimate of drug-likeness (QED) is 0.552. The molecule has 0 aliphatic rings. The fourth-order valence-corrected chi connectivity index (χ4v) is 0.569. The molecule has 0 aromatic carbocycles. The zero-order chi connectivity index (χ0) is 9.07. The molecule has 1 unspecified atom stereocenters.